The molecule has 0 saturated carbocycles. The first kappa shape index (κ1) is 10.1. The molecule has 1 aromatic heterocycles. The molecule has 1 N–H and O–H groups in total. The molecule has 15 heavy (non-hydrogen) atoms. The Hall–Kier alpha value is -1.42. The van der Waals surface area contributed by atoms with Crippen LogP contribution in [0.5, 0.6) is 0 Å². The molecule has 2 aromatic rings. The van der Waals surface area contributed by atoms with Crippen LogP contribution in [0.15, 0.2) is 24.5 Å². The number of nitrogens with zero attached hydrogens (tertiary/aromatic N) is 2. The maximum atomic E-state index is 5.11. The first-order valence-electron chi connectivity index (χ1n) is 4.94. The Morgan fingerprint density at radius 1 is 1.47 bits per heavy atom. The van der Waals surface area contributed by atoms with Gasteiger partial charge in [0, 0.05) is 0 Å². The summed E-state index contributed by atoms with van der Waals surface area (Å²) in [6.45, 7) is 4.23. The lowest BCUT2D eigenvalue weighted by Gasteiger charge is -2.07. The number of rotatable bonds is 2. The van der Waals surface area contributed by atoms with E-state index in [4.69, 9.17) is 12.2 Å². The van der Waals surface area contributed by atoms with Gasteiger partial charge in [-0.2, -0.15) is 0 Å². The van der Waals surface area contributed by atoms with E-state index in [1.54, 1.807) is 6.33 Å². The molecule has 0 amide bonds. The summed E-state index contributed by atoms with van der Waals surface area (Å²) in [5.74, 6) is 0. The number of aryl methyl sites for hydroxylation is 2. The van der Waals surface area contributed by atoms with Crippen LogP contribution in [0.2, 0.25) is 0 Å². The van der Waals surface area contributed by atoms with E-state index in [0.29, 0.717) is 4.77 Å². The zero-order chi connectivity index (χ0) is 10.8. The van der Waals surface area contributed by atoms with Crippen molar-refractivity contribution in [3.8, 4) is 5.69 Å². The summed E-state index contributed by atoms with van der Waals surface area (Å²) in [5.41, 5.74) is 3.60. The lowest BCUT2D eigenvalue weighted by molar-refractivity contribution is 0.857. The van der Waals surface area contributed by atoms with Gasteiger partial charge in [-0.15, -0.1) is 0 Å². The number of benzene rings is 1. The van der Waals surface area contributed by atoms with Crippen LogP contribution in [0.25, 0.3) is 5.69 Å². The first-order chi connectivity index (χ1) is 7.22. The fourth-order valence-corrected chi connectivity index (χ4v) is 1.82. The fourth-order valence-electron chi connectivity index (χ4n) is 1.62. The second-order valence-corrected chi connectivity index (χ2v) is 3.84. The molecule has 1 heterocycles. The first-order valence-corrected chi connectivity index (χ1v) is 5.35. The van der Waals surface area contributed by atoms with Crippen LogP contribution >= 0.6 is 12.2 Å². The van der Waals surface area contributed by atoms with Gasteiger partial charge >= 0.3 is 0 Å². The van der Waals surface area contributed by atoms with Gasteiger partial charge < -0.3 is 0 Å². The zero-order valence-corrected chi connectivity index (χ0v) is 9.64. The summed E-state index contributed by atoms with van der Waals surface area (Å²) in [6.07, 6.45) is 2.66. The molecule has 4 heteroatoms. The highest BCUT2D eigenvalue weighted by Gasteiger charge is 2.03. The summed E-state index contributed by atoms with van der Waals surface area (Å²) >= 11 is 5.11. The Kier molecular flexibility index (Phi) is 2.68. The summed E-state index contributed by atoms with van der Waals surface area (Å²) in [7, 11) is 0. The lowest BCUT2D eigenvalue weighted by Crippen LogP contribution is -1.99. The van der Waals surface area contributed by atoms with Crippen LogP contribution in [0.3, 0.4) is 0 Å². The van der Waals surface area contributed by atoms with Crippen molar-refractivity contribution in [1.82, 2.24) is 14.8 Å². The molecule has 0 bridgehead atoms. The van der Waals surface area contributed by atoms with Gasteiger partial charge in [0.1, 0.15) is 6.33 Å². The number of aromatic nitrogens is 3. The molecule has 2 rings (SSSR count). The molecular weight excluding hydrogens is 206 g/mol. The van der Waals surface area contributed by atoms with Gasteiger partial charge in [0.15, 0.2) is 0 Å². The van der Waals surface area contributed by atoms with Crippen LogP contribution in [0.1, 0.15) is 18.1 Å². The highest BCUT2D eigenvalue weighted by molar-refractivity contribution is 7.71. The second-order valence-electron chi connectivity index (χ2n) is 3.48. The van der Waals surface area contributed by atoms with Crippen molar-refractivity contribution in [3.05, 3.63) is 40.4 Å². The number of nitrogens with one attached hydrogen (secondary N) is 1. The van der Waals surface area contributed by atoms with E-state index in [-0.39, 0.29) is 0 Å². The Labute approximate surface area is 93.8 Å². The lowest BCUT2D eigenvalue weighted by atomic mass is 10.1. The number of H-pyrrole nitrogens is 1. The van der Waals surface area contributed by atoms with Gasteiger partial charge in [0.05, 0.1) is 5.69 Å². The third kappa shape index (κ3) is 1.85. The smallest absolute Gasteiger partial charge is 0.220 e. The highest BCUT2D eigenvalue weighted by atomic mass is 32.1. The van der Waals surface area contributed by atoms with Crippen molar-refractivity contribution >= 4 is 12.2 Å². The fraction of sp³-hybridized carbons (Fsp3) is 0.273. The largest absolute Gasteiger partial charge is 0.281 e. The SMILES string of the molecule is CCc1ccc(-n2[nH]cnc2=S)c(C)c1. The Morgan fingerprint density at radius 2 is 2.27 bits per heavy atom. The van der Waals surface area contributed by atoms with E-state index in [1.165, 1.54) is 11.1 Å². The van der Waals surface area contributed by atoms with Crippen molar-refractivity contribution in [1.29, 1.82) is 0 Å². The molecule has 0 atom stereocenters. The predicted octanol–water partition coefficient (Wildman–Crippen LogP) is 2.80. The summed E-state index contributed by atoms with van der Waals surface area (Å²) < 4.78 is 2.37. The van der Waals surface area contributed by atoms with Crippen molar-refractivity contribution in [3.63, 3.8) is 0 Å². The third-order valence-electron chi connectivity index (χ3n) is 2.46. The maximum absolute atomic E-state index is 5.11. The van der Waals surface area contributed by atoms with Crippen LogP contribution in [-0.2, 0) is 6.42 Å². The molecule has 0 unspecified atom stereocenters. The topological polar surface area (TPSA) is 33.6 Å². The van der Waals surface area contributed by atoms with E-state index in [9.17, 15) is 0 Å². The predicted molar refractivity (Wildman–Crippen MR) is 62.9 cm³/mol. The van der Waals surface area contributed by atoms with E-state index in [0.717, 1.165) is 12.1 Å². The Morgan fingerprint density at radius 3 is 2.80 bits per heavy atom. The summed E-state index contributed by atoms with van der Waals surface area (Å²) in [4.78, 5) is 4.00. The zero-order valence-electron chi connectivity index (χ0n) is 8.82. The van der Waals surface area contributed by atoms with Crippen molar-refractivity contribution in [2.45, 2.75) is 20.3 Å². The van der Waals surface area contributed by atoms with Crippen LogP contribution in [0.4, 0.5) is 0 Å². The second kappa shape index (κ2) is 3.98. The van der Waals surface area contributed by atoms with E-state index in [1.807, 2.05) is 4.68 Å². The van der Waals surface area contributed by atoms with Gasteiger partial charge in [-0.3, -0.25) is 5.10 Å². The molecule has 0 spiro atoms. The van der Waals surface area contributed by atoms with E-state index < -0.39 is 0 Å². The van der Waals surface area contributed by atoms with Gasteiger partial charge in [0.2, 0.25) is 4.77 Å². The molecule has 0 fully saturated rings. The average Bonchev–Trinajstić information content (AvgIpc) is 2.64. The van der Waals surface area contributed by atoms with Crippen molar-refractivity contribution < 1.29 is 0 Å². The maximum Gasteiger partial charge on any atom is 0.220 e. The van der Waals surface area contributed by atoms with Gasteiger partial charge in [-0.25, -0.2) is 9.67 Å². The van der Waals surface area contributed by atoms with Crippen LogP contribution in [-0.4, -0.2) is 14.8 Å². The highest BCUT2D eigenvalue weighted by Crippen LogP contribution is 2.15. The summed E-state index contributed by atoms with van der Waals surface area (Å²) in [6, 6.07) is 6.37. The van der Waals surface area contributed by atoms with Crippen molar-refractivity contribution in [2.75, 3.05) is 0 Å². The van der Waals surface area contributed by atoms with Crippen LogP contribution < -0.4 is 0 Å². The molecule has 0 saturated heterocycles. The quantitative estimate of drug-likeness (QED) is 0.788. The molecular formula is C11H13N3S. The van der Waals surface area contributed by atoms with Gasteiger partial charge in [-0.1, -0.05) is 19.1 Å². The summed E-state index contributed by atoms with van der Waals surface area (Å²) in [5, 5.41) is 3.00. The Bertz CT molecular complexity index is 525. The van der Waals surface area contributed by atoms with E-state index >= 15 is 0 Å². The number of hydrogen-bond donors (Lipinski definition) is 1. The molecule has 0 radical (unpaired) electrons. The minimum absolute atomic E-state index is 0.558. The minimum Gasteiger partial charge on any atom is -0.281 e. The van der Waals surface area contributed by atoms with E-state index in [2.05, 4.69) is 42.1 Å². The van der Waals surface area contributed by atoms with Gasteiger partial charge in [0.25, 0.3) is 0 Å². The molecule has 3 nitrogen and oxygen atoms in total. The number of hydrogen-bond acceptors (Lipinski definition) is 2. The molecule has 78 valence electrons. The normalized spacial score (nSPS) is 10.5. The minimum atomic E-state index is 0.558. The molecule has 0 aliphatic carbocycles. The monoisotopic (exact) mass is 219 g/mol. The molecule has 1 aromatic carbocycles. The number of aromatic amines is 1. The Balaban J connectivity index is 2.55. The average molecular weight is 219 g/mol. The van der Waals surface area contributed by atoms with Crippen LogP contribution in [0, 0.1) is 11.7 Å². The van der Waals surface area contributed by atoms with Gasteiger partial charge in [-0.05, 0) is 42.8 Å². The third-order valence-corrected chi connectivity index (χ3v) is 2.75. The molecule has 0 aliphatic rings. The molecule has 0 aliphatic heterocycles. The van der Waals surface area contributed by atoms with Crippen molar-refractivity contribution in [2.24, 2.45) is 0 Å². The standard InChI is InChI=1S/C11H13N3S/c1-3-9-4-5-10(8(2)6-9)14-11(15)12-7-13-14/h4-7H,3H2,1-2H3,(H,12,13,15).